The third kappa shape index (κ3) is 10.7. The smallest absolute Gasteiger partial charge is 0.252 e. The average Bonchev–Trinajstić information content (AvgIpc) is 1.55. The predicted octanol–water partition coefficient (Wildman–Crippen LogP) is 28.7. The van der Waals surface area contributed by atoms with Crippen molar-refractivity contribution in [3.8, 4) is 89.3 Å². The summed E-state index contributed by atoms with van der Waals surface area (Å²) >= 11 is 0. The lowest BCUT2D eigenvalue weighted by atomic mass is 9.33. The lowest BCUT2D eigenvalue weighted by Gasteiger charge is -2.46. The summed E-state index contributed by atoms with van der Waals surface area (Å²) in [6, 6.07) is 94.6. The van der Waals surface area contributed by atoms with Crippen LogP contribution < -0.4 is 26.2 Å². The molecule has 0 bridgehead atoms. The number of benzene rings is 18. The van der Waals surface area contributed by atoms with E-state index in [2.05, 4.69) is 164 Å². The Labute approximate surface area is 711 Å². The first-order valence-corrected chi connectivity index (χ1v) is 39.9. The van der Waals surface area contributed by atoms with Crippen molar-refractivity contribution in [3.05, 3.63) is 406 Å². The van der Waals surface area contributed by atoms with E-state index in [1.807, 2.05) is 170 Å². The predicted molar refractivity (Wildman–Crippen MR) is 500 cm³/mol. The second-order valence-electron chi connectivity index (χ2n) is 31.8. The first-order valence-electron chi connectivity index (χ1n) is 47.9. The SMILES string of the molecule is [2H]c1c([2H])c([2H])c2c(c1[2H])c1c([2H])c([2H])c([2H])c([2H])c1n2-c1ccc2c(c1)N(c1c(-c3ccccc3)cc(-c3ccccc3)cc1-c1cccc3oc4ccccc4c13)c1cc(-c3ccc(C(C)(C)C)cc3)cc3c1B2c1ccc(-n2c4c([2H])c([2H])c([2H])c([2H])c4c4c([2H])c([2H])c([2H])c([2H])c42)cc1N3c1c(-c2ccccc2)cc(-c2ccccc2)cc1-c1cccc2oc3ccccc3c12. The highest BCUT2D eigenvalue weighted by atomic mass is 16.3. The fraction of sp³-hybridized carbons (Fsp3) is 0.0357. The third-order valence-electron chi connectivity index (χ3n) is 24.1. The summed E-state index contributed by atoms with van der Waals surface area (Å²) in [5.74, 6) is 0. The molecule has 4 aromatic heterocycles. The van der Waals surface area contributed by atoms with Crippen molar-refractivity contribution in [1.29, 1.82) is 0 Å². The Morgan fingerprint density at radius 2 is 0.613 bits per heavy atom. The Morgan fingerprint density at radius 1 is 0.269 bits per heavy atom. The largest absolute Gasteiger partial charge is 0.456 e. The second kappa shape index (κ2) is 26.7. The summed E-state index contributed by atoms with van der Waals surface area (Å²) in [5.41, 5.74) is 20.8. The summed E-state index contributed by atoms with van der Waals surface area (Å²) in [5, 5.41) is 2.97. The number of hydrogen-bond acceptors (Lipinski definition) is 4. The molecule has 558 valence electrons. The van der Waals surface area contributed by atoms with Crippen molar-refractivity contribution in [2.75, 3.05) is 9.80 Å². The van der Waals surface area contributed by atoms with E-state index in [1.165, 1.54) is 0 Å². The zero-order valence-corrected chi connectivity index (χ0v) is 64.6. The zero-order chi connectivity index (χ0) is 92.6. The molecule has 7 heteroatoms. The normalized spacial score (nSPS) is 14.5. The second-order valence-corrected chi connectivity index (χ2v) is 31.8. The highest BCUT2D eigenvalue weighted by molar-refractivity contribution is 7.00. The Balaban J connectivity index is 0.938. The number of fused-ring (bicyclic) bond motifs is 16. The molecule has 0 saturated carbocycles. The van der Waals surface area contributed by atoms with Crippen molar-refractivity contribution in [2.45, 2.75) is 26.2 Å². The van der Waals surface area contributed by atoms with Gasteiger partial charge in [0.2, 0.25) is 0 Å². The molecule has 119 heavy (non-hydrogen) atoms. The Morgan fingerprint density at radius 3 is 1.02 bits per heavy atom. The fourth-order valence-electron chi connectivity index (χ4n) is 18.8. The van der Waals surface area contributed by atoms with E-state index < -0.39 is 103 Å². The summed E-state index contributed by atoms with van der Waals surface area (Å²) in [4.78, 5) is 4.67. The van der Waals surface area contributed by atoms with Crippen LogP contribution in [0.2, 0.25) is 0 Å². The number of anilines is 6. The van der Waals surface area contributed by atoms with Crippen LogP contribution >= 0.6 is 0 Å². The molecule has 6 heterocycles. The van der Waals surface area contributed by atoms with Crippen molar-refractivity contribution < 1.29 is 30.8 Å². The standard InChI is InChI=1S/C112H75BN4O2/c1-112(2,3)78-56-54-72(55-57-78)77-66-101-109-102(67-77)117(111-90(74-36-14-7-15-37-74)63-76(71-32-10-5-11-33-71)65-92(111)86-45-29-53-106-108(86)88-43-21-27-51-104(88)119-106)100-69-80(115-97-48-24-18-40-83(97)84-41-19-25-49-98(84)115)59-61-94(100)113(109)93-60-58-79(114-95-46-22-16-38-81(95)82-39-17-23-47-96(82)114)68-99(93)116(101)110-89(73-34-12-6-13-35-73)62-75(70-30-8-4-9-31-70)64-91(110)85-44-28-52-105-107(85)87-42-20-26-50-103(87)118-105/h4-69H,1-3H3/i16D,17D,18D,19D,22D,23D,24D,25D,38D,39D,40D,41D,46D,47D,48D,49D. The number of hydrogen-bond donors (Lipinski definition) is 0. The quantitative estimate of drug-likeness (QED) is 0.121. The highest BCUT2D eigenvalue weighted by Gasteiger charge is 2.47. The van der Waals surface area contributed by atoms with Crippen LogP contribution in [0.5, 0.6) is 0 Å². The topological polar surface area (TPSA) is 42.6 Å². The van der Waals surface area contributed by atoms with Crippen LogP contribution in [0.4, 0.5) is 34.1 Å². The molecule has 2 aliphatic heterocycles. The van der Waals surface area contributed by atoms with E-state index in [0.717, 1.165) is 110 Å². The maximum Gasteiger partial charge on any atom is 0.252 e. The van der Waals surface area contributed by atoms with Gasteiger partial charge in [-0.25, -0.2) is 0 Å². The maximum atomic E-state index is 10.1. The first-order chi connectivity index (χ1) is 65.3. The minimum absolute atomic E-state index is 0.0845. The summed E-state index contributed by atoms with van der Waals surface area (Å²) in [7, 11) is 0. The van der Waals surface area contributed by atoms with Gasteiger partial charge in [-0.1, -0.05) is 312 Å². The van der Waals surface area contributed by atoms with Crippen LogP contribution in [-0.2, 0) is 5.41 Å². The van der Waals surface area contributed by atoms with E-state index in [9.17, 15) is 21.9 Å². The number of rotatable bonds is 11. The Bertz CT molecular complexity index is 8300. The van der Waals surface area contributed by atoms with Gasteiger partial charge in [0.05, 0.1) is 55.4 Å². The molecule has 6 nitrogen and oxygen atoms in total. The number of nitrogens with zero attached hydrogens (tertiary/aromatic N) is 4. The maximum absolute atomic E-state index is 10.1. The van der Waals surface area contributed by atoms with Gasteiger partial charge in [-0.15, -0.1) is 0 Å². The molecule has 0 spiro atoms. The lowest BCUT2D eigenvalue weighted by Crippen LogP contribution is -2.61. The van der Waals surface area contributed by atoms with Crippen LogP contribution in [0.1, 0.15) is 48.3 Å². The van der Waals surface area contributed by atoms with Gasteiger partial charge < -0.3 is 27.8 Å². The molecule has 0 saturated heterocycles. The lowest BCUT2D eigenvalue weighted by molar-refractivity contribution is 0.590. The molecule has 0 atom stereocenters. The third-order valence-corrected chi connectivity index (χ3v) is 24.1. The monoisotopic (exact) mass is 1530 g/mol. The van der Waals surface area contributed by atoms with Crippen molar-refractivity contribution in [2.24, 2.45) is 0 Å². The van der Waals surface area contributed by atoms with Gasteiger partial charge in [-0.05, 0) is 192 Å². The molecular formula is C112H75BN4O2. The van der Waals surface area contributed by atoms with Crippen molar-refractivity contribution >= 4 is 145 Å². The molecule has 0 radical (unpaired) electrons. The molecule has 18 aromatic carbocycles. The number of aromatic nitrogens is 2. The number of furan rings is 2. The van der Waals surface area contributed by atoms with Crippen molar-refractivity contribution in [1.82, 2.24) is 9.13 Å². The van der Waals surface area contributed by atoms with Crippen LogP contribution in [-0.4, -0.2) is 15.8 Å². The van der Waals surface area contributed by atoms with E-state index in [0.29, 0.717) is 67.4 Å². The zero-order valence-electron chi connectivity index (χ0n) is 80.6. The van der Waals surface area contributed by atoms with E-state index in [-0.39, 0.29) is 60.4 Å². The summed E-state index contributed by atoms with van der Waals surface area (Å²) < 4.78 is 172. The van der Waals surface area contributed by atoms with Crippen LogP contribution in [0.3, 0.4) is 0 Å². The molecule has 2 aliphatic rings. The van der Waals surface area contributed by atoms with Gasteiger partial charge in [0, 0.05) is 99.5 Å². The van der Waals surface area contributed by atoms with Crippen LogP contribution in [0.25, 0.3) is 177 Å². The molecule has 0 fully saturated rings. The van der Waals surface area contributed by atoms with Gasteiger partial charge in [-0.3, -0.25) is 0 Å². The molecular weight excluding hydrogens is 1440 g/mol. The molecule has 0 amide bonds. The molecule has 24 rings (SSSR count). The van der Waals surface area contributed by atoms with Gasteiger partial charge in [0.15, 0.2) is 0 Å². The van der Waals surface area contributed by atoms with Gasteiger partial charge in [0.1, 0.15) is 22.3 Å². The number of para-hydroxylation sites is 6. The molecule has 0 aliphatic carbocycles. The molecule has 0 unspecified atom stereocenters. The van der Waals surface area contributed by atoms with Crippen molar-refractivity contribution in [3.63, 3.8) is 0 Å². The summed E-state index contributed by atoms with van der Waals surface area (Å²) in [6.07, 6.45) is 0. The highest BCUT2D eigenvalue weighted by Crippen LogP contribution is 2.58. The van der Waals surface area contributed by atoms with Gasteiger partial charge in [-0.2, -0.15) is 0 Å². The Hall–Kier alpha value is -15.2. The Kier molecular flexibility index (Phi) is 12.1. The summed E-state index contributed by atoms with van der Waals surface area (Å²) in [6.45, 7) is 5.65. The van der Waals surface area contributed by atoms with Gasteiger partial charge in [0.25, 0.3) is 6.71 Å². The first kappa shape index (κ1) is 53.8. The molecule has 0 N–H and O–H groups in total. The minimum Gasteiger partial charge on any atom is -0.456 e. The average molecular weight is 1540 g/mol. The van der Waals surface area contributed by atoms with E-state index in [1.54, 1.807) is 9.13 Å². The fourth-order valence-corrected chi connectivity index (χ4v) is 18.8. The van der Waals surface area contributed by atoms with Crippen LogP contribution in [0.15, 0.2) is 409 Å². The van der Waals surface area contributed by atoms with E-state index in [4.69, 9.17) is 8.83 Å². The minimum atomic E-state index is -0.893. The van der Waals surface area contributed by atoms with Gasteiger partial charge >= 0.3 is 0 Å². The van der Waals surface area contributed by atoms with E-state index >= 15 is 0 Å². The molecule has 22 aromatic rings. The van der Waals surface area contributed by atoms with Crippen LogP contribution in [0, 0.1) is 0 Å².